The van der Waals surface area contributed by atoms with Crippen molar-refractivity contribution in [3.05, 3.63) is 58.3 Å². The first-order chi connectivity index (χ1) is 13.1. The first-order valence-corrected chi connectivity index (χ1v) is 10.4. The predicted octanol–water partition coefficient (Wildman–Crippen LogP) is 2.75. The van der Waals surface area contributed by atoms with E-state index >= 15 is 0 Å². The fourth-order valence-corrected chi connectivity index (χ4v) is 4.65. The van der Waals surface area contributed by atoms with Crippen LogP contribution in [0.15, 0.2) is 47.8 Å². The Balaban J connectivity index is 1.96. The van der Waals surface area contributed by atoms with E-state index in [1.165, 1.54) is 32.3 Å². The Morgan fingerprint density at radius 2 is 1.59 bits per heavy atom. The molecule has 27 heavy (non-hydrogen) atoms. The molecule has 5 heteroatoms. The quantitative estimate of drug-likeness (QED) is 0.459. The van der Waals surface area contributed by atoms with Crippen molar-refractivity contribution in [3.8, 4) is 11.1 Å². The van der Waals surface area contributed by atoms with E-state index in [1.54, 1.807) is 11.3 Å². The van der Waals surface area contributed by atoms with Crippen LogP contribution in [0.4, 0.5) is 0 Å². The Kier molecular flexibility index (Phi) is 6.99. The SMILES string of the molecule is CNCC(N)Cc1cc(-c2cccc3cccc(CC(N)CNC)c23)cs1. The first kappa shape index (κ1) is 20.0. The van der Waals surface area contributed by atoms with Crippen LogP contribution < -0.4 is 22.1 Å². The van der Waals surface area contributed by atoms with Gasteiger partial charge in [-0.3, -0.25) is 0 Å². The van der Waals surface area contributed by atoms with E-state index in [2.05, 4.69) is 58.5 Å². The van der Waals surface area contributed by atoms with Crippen molar-refractivity contribution in [2.45, 2.75) is 24.9 Å². The first-order valence-electron chi connectivity index (χ1n) is 9.51. The average Bonchev–Trinajstić information content (AvgIpc) is 3.10. The second-order valence-corrected chi connectivity index (χ2v) is 8.16. The summed E-state index contributed by atoms with van der Waals surface area (Å²) < 4.78 is 0. The summed E-state index contributed by atoms with van der Waals surface area (Å²) in [5.74, 6) is 0. The lowest BCUT2D eigenvalue weighted by Gasteiger charge is -2.15. The largest absolute Gasteiger partial charge is 0.326 e. The number of nitrogens with one attached hydrogen (secondary N) is 2. The second kappa shape index (κ2) is 9.44. The maximum atomic E-state index is 6.30. The van der Waals surface area contributed by atoms with Gasteiger partial charge in [-0.1, -0.05) is 36.4 Å². The molecule has 4 nitrogen and oxygen atoms in total. The molecule has 0 fully saturated rings. The third-order valence-electron chi connectivity index (χ3n) is 4.83. The summed E-state index contributed by atoms with van der Waals surface area (Å²) in [5, 5.41) is 11.2. The Labute approximate surface area is 166 Å². The smallest absolute Gasteiger partial charge is 0.0213 e. The van der Waals surface area contributed by atoms with Crippen LogP contribution in [0, 0.1) is 0 Å². The Morgan fingerprint density at radius 3 is 2.30 bits per heavy atom. The van der Waals surface area contributed by atoms with Crippen LogP contribution in [0.25, 0.3) is 21.9 Å². The number of likely N-dealkylation sites (N-methyl/N-ethyl adjacent to an activating group) is 2. The molecule has 0 amide bonds. The molecule has 1 aromatic heterocycles. The summed E-state index contributed by atoms with van der Waals surface area (Å²) in [6.07, 6.45) is 1.76. The molecule has 3 aromatic rings. The summed E-state index contributed by atoms with van der Waals surface area (Å²) in [5.41, 5.74) is 16.4. The topological polar surface area (TPSA) is 76.1 Å². The second-order valence-electron chi connectivity index (χ2n) is 7.17. The summed E-state index contributed by atoms with van der Waals surface area (Å²) in [6.45, 7) is 1.64. The third kappa shape index (κ3) is 4.94. The van der Waals surface area contributed by atoms with Crippen LogP contribution in [0.2, 0.25) is 0 Å². The van der Waals surface area contributed by atoms with Gasteiger partial charge in [-0.25, -0.2) is 0 Å². The molecular formula is C22H30N4S. The van der Waals surface area contributed by atoms with Crippen molar-refractivity contribution in [2.75, 3.05) is 27.2 Å². The summed E-state index contributed by atoms with van der Waals surface area (Å²) in [6, 6.07) is 15.6. The molecule has 144 valence electrons. The van der Waals surface area contributed by atoms with Gasteiger partial charge < -0.3 is 22.1 Å². The number of fused-ring (bicyclic) bond motifs is 1. The van der Waals surface area contributed by atoms with Crippen LogP contribution in [0.3, 0.4) is 0 Å². The highest BCUT2D eigenvalue weighted by atomic mass is 32.1. The van der Waals surface area contributed by atoms with Crippen molar-refractivity contribution in [3.63, 3.8) is 0 Å². The standard InChI is InChI=1S/C22H30N4S/c1-25-12-18(23)9-16-7-3-5-15-6-4-8-21(22(15)16)17-10-20(27-14-17)11-19(24)13-26-2/h3-8,10,14,18-19,25-26H,9,11-13,23-24H2,1-2H3. The molecule has 0 aliphatic rings. The van der Waals surface area contributed by atoms with Crippen molar-refractivity contribution < 1.29 is 0 Å². The Bertz CT molecular complexity index is 868. The molecular weight excluding hydrogens is 352 g/mol. The van der Waals surface area contributed by atoms with Crippen LogP contribution in [0.1, 0.15) is 10.4 Å². The number of hydrogen-bond acceptors (Lipinski definition) is 5. The molecule has 0 bridgehead atoms. The van der Waals surface area contributed by atoms with Crippen molar-refractivity contribution in [1.82, 2.24) is 10.6 Å². The molecule has 1 heterocycles. The van der Waals surface area contributed by atoms with Gasteiger partial charge in [-0.2, -0.15) is 0 Å². The van der Waals surface area contributed by atoms with Gasteiger partial charge in [-0.05, 0) is 65.8 Å². The number of rotatable bonds is 9. The van der Waals surface area contributed by atoms with E-state index in [0.717, 1.165) is 25.9 Å². The molecule has 0 spiro atoms. The zero-order chi connectivity index (χ0) is 19.2. The van der Waals surface area contributed by atoms with Crippen molar-refractivity contribution in [1.29, 1.82) is 0 Å². The Morgan fingerprint density at radius 1 is 0.926 bits per heavy atom. The average molecular weight is 383 g/mol. The predicted molar refractivity (Wildman–Crippen MR) is 118 cm³/mol. The molecule has 3 rings (SSSR count). The molecule has 2 atom stereocenters. The van der Waals surface area contributed by atoms with Crippen molar-refractivity contribution in [2.24, 2.45) is 11.5 Å². The zero-order valence-corrected chi connectivity index (χ0v) is 17.0. The van der Waals surface area contributed by atoms with Gasteiger partial charge in [0, 0.05) is 30.1 Å². The number of thiophene rings is 1. The van der Waals surface area contributed by atoms with E-state index in [4.69, 9.17) is 11.5 Å². The van der Waals surface area contributed by atoms with Crippen LogP contribution >= 0.6 is 11.3 Å². The molecule has 0 saturated heterocycles. The zero-order valence-electron chi connectivity index (χ0n) is 16.2. The summed E-state index contributed by atoms with van der Waals surface area (Å²) in [7, 11) is 3.89. The Hall–Kier alpha value is -1.76. The molecule has 0 saturated carbocycles. The van der Waals surface area contributed by atoms with Gasteiger partial charge in [-0.15, -0.1) is 11.3 Å². The fraction of sp³-hybridized carbons (Fsp3) is 0.364. The molecule has 6 N–H and O–H groups in total. The lowest BCUT2D eigenvalue weighted by Crippen LogP contribution is -2.33. The summed E-state index contributed by atoms with van der Waals surface area (Å²) >= 11 is 1.79. The van der Waals surface area contributed by atoms with Gasteiger partial charge in [0.15, 0.2) is 0 Å². The molecule has 2 aromatic carbocycles. The number of nitrogens with two attached hydrogens (primary N) is 2. The highest BCUT2D eigenvalue weighted by molar-refractivity contribution is 7.10. The van der Waals surface area contributed by atoms with Crippen LogP contribution in [0.5, 0.6) is 0 Å². The van der Waals surface area contributed by atoms with Crippen molar-refractivity contribution >= 4 is 22.1 Å². The van der Waals surface area contributed by atoms with E-state index < -0.39 is 0 Å². The van der Waals surface area contributed by atoms with Gasteiger partial charge >= 0.3 is 0 Å². The molecule has 0 radical (unpaired) electrons. The highest BCUT2D eigenvalue weighted by Crippen LogP contribution is 2.34. The lowest BCUT2D eigenvalue weighted by molar-refractivity contribution is 0.617. The minimum Gasteiger partial charge on any atom is -0.326 e. The minimum atomic E-state index is 0.103. The maximum absolute atomic E-state index is 6.30. The molecule has 0 aliphatic heterocycles. The third-order valence-corrected chi connectivity index (χ3v) is 5.79. The molecule has 2 unspecified atom stereocenters. The van der Waals surface area contributed by atoms with Gasteiger partial charge in [0.2, 0.25) is 0 Å². The highest BCUT2D eigenvalue weighted by Gasteiger charge is 2.13. The van der Waals surface area contributed by atoms with Crippen LogP contribution in [-0.2, 0) is 12.8 Å². The van der Waals surface area contributed by atoms with Gasteiger partial charge in [0.1, 0.15) is 0 Å². The maximum Gasteiger partial charge on any atom is 0.0213 e. The fourth-order valence-electron chi connectivity index (χ4n) is 3.67. The minimum absolute atomic E-state index is 0.103. The number of hydrogen-bond donors (Lipinski definition) is 4. The van der Waals surface area contributed by atoms with E-state index in [9.17, 15) is 0 Å². The summed E-state index contributed by atoms with van der Waals surface area (Å²) in [4.78, 5) is 1.33. The van der Waals surface area contributed by atoms with Crippen LogP contribution in [-0.4, -0.2) is 39.3 Å². The van der Waals surface area contributed by atoms with Gasteiger partial charge in [0.25, 0.3) is 0 Å². The number of benzene rings is 2. The normalized spacial score (nSPS) is 13.8. The molecule has 0 aliphatic carbocycles. The monoisotopic (exact) mass is 382 g/mol. The van der Waals surface area contributed by atoms with E-state index in [1.807, 2.05) is 14.1 Å². The van der Waals surface area contributed by atoms with Gasteiger partial charge in [0.05, 0.1) is 0 Å². The lowest BCUT2D eigenvalue weighted by atomic mass is 9.92. The van der Waals surface area contributed by atoms with E-state index in [0.29, 0.717) is 0 Å². The van der Waals surface area contributed by atoms with E-state index in [-0.39, 0.29) is 12.1 Å².